The lowest BCUT2D eigenvalue weighted by Crippen LogP contribution is -2.07. The highest BCUT2D eigenvalue weighted by Gasteiger charge is 2.28. The van der Waals surface area contributed by atoms with Gasteiger partial charge in [0.2, 0.25) is 0 Å². The lowest BCUT2D eigenvalue weighted by molar-refractivity contribution is 0.104. The molecular weight excluding hydrogens is 378 g/mol. The van der Waals surface area contributed by atoms with Crippen LogP contribution in [-0.2, 0) is 0 Å². The van der Waals surface area contributed by atoms with E-state index in [0.29, 0.717) is 0 Å². The van der Waals surface area contributed by atoms with Crippen molar-refractivity contribution >= 4 is 29.2 Å². The molecule has 31 heavy (non-hydrogen) atoms. The minimum atomic E-state index is 0.0725. The Labute approximate surface area is 184 Å². The van der Waals surface area contributed by atoms with E-state index in [-0.39, 0.29) is 5.78 Å². The number of benzene rings is 3. The fourth-order valence-electron chi connectivity index (χ4n) is 3.63. The van der Waals surface area contributed by atoms with Gasteiger partial charge in [0, 0.05) is 30.9 Å². The Morgan fingerprint density at radius 2 is 1.16 bits per heavy atom. The molecule has 0 atom stereocenters. The maximum absolute atomic E-state index is 13.0. The Kier molecular flexibility index (Phi) is 6.09. The summed E-state index contributed by atoms with van der Waals surface area (Å²) in [7, 11) is 4.06. The molecule has 0 amide bonds. The van der Waals surface area contributed by atoms with Crippen molar-refractivity contribution in [2.45, 2.75) is 0 Å². The van der Waals surface area contributed by atoms with E-state index in [1.807, 2.05) is 99.1 Å². The summed E-state index contributed by atoms with van der Waals surface area (Å²) in [5.41, 5.74) is 6.82. The number of Topliss-reactive ketones (excluding diaryl/α,β-unsaturated/α-hetero) is 1. The maximum atomic E-state index is 13.0. The Bertz CT molecular complexity index is 1190. The second-order valence-corrected chi connectivity index (χ2v) is 7.65. The molecule has 0 bridgehead atoms. The number of carbonyl (C=O) groups excluding carboxylic acids is 1. The van der Waals surface area contributed by atoms with E-state index in [2.05, 4.69) is 35.2 Å². The number of hydrogen-bond acceptors (Lipinski definition) is 2. The monoisotopic (exact) mass is 403 g/mol. The van der Waals surface area contributed by atoms with Crippen molar-refractivity contribution < 1.29 is 4.79 Å². The van der Waals surface area contributed by atoms with Crippen LogP contribution in [0.3, 0.4) is 0 Å². The molecule has 0 spiro atoms. The van der Waals surface area contributed by atoms with E-state index in [9.17, 15) is 4.79 Å². The van der Waals surface area contributed by atoms with Crippen molar-refractivity contribution in [3.05, 3.63) is 131 Å². The lowest BCUT2D eigenvalue weighted by atomic mass is 10.0. The van der Waals surface area contributed by atoms with Crippen LogP contribution >= 0.6 is 0 Å². The van der Waals surface area contributed by atoms with Gasteiger partial charge < -0.3 is 4.90 Å². The SMILES string of the molecule is CN(C)c1ccc(C=CC=C2C(=CC=Cc3ccccc3)C(=O)c3ccccc32)cc1. The summed E-state index contributed by atoms with van der Waals surface area (Å²) in [6.45, 7) is 0. The van der Waals surface area contributed by atoms with Crippen LogP contribution in [0.25, 0.3) is 17.7 Å². The fourth-order valence-corrected chi connectivity index (χ4v) is 3.63. The Hall–Kier alpha value is -3.91. The van der Waals surface area contributed by atoms with E-state index in [1.54, 1.807) is 0 Å². The molecule has 152 valence electrons. The van der Waals surface area contributed by atoms with Crippen molar-refractivity contribution in [3.8, 4) is 0 Å². The average molecular weight is 404 g/mol. The van der Waals surface area contributed by atoms with Crippen molar-refractivity contribution in [3.63, 3.8) is 0 Å². The van der Waals surface area contributed by atoms with Crippen molar-refractivity contribution in [2.24, 2.45) is 0 Å². The number of carbonyl (C=O) groups is 1. The zero-order chi connectivity index (χ0) is 21.6. The highest BCUT2D eigenvalue weighted by Crippen LogP contribution is 2.36. The molecule has 1 aliphatic rings. The molecule has 1 aliphatic carbocycles. The average Bonchev–Trinajstić information content (AvgIpc) is 3.06. The molecule has 0 aromatic heterocycles. The predicted molar refractivity (Wildman–Crippen MR) is 132 cm³/mol. The van der Waals surface area contributed by atoms with Crippen LogP contribution in [0, 0.1) is 0 Å². The van der Waals surface area contributed by atoms with Gasteiger partial charge in [0.1, 0.15) is 0 Å². The molecule has 0 radical (unpaired) electrons. The number of ketones is 1. The summed E-state index contributed by atoms with van der Waals surface area (Å²) in [5.74, 6) is 0.0725. The van der Waals surface area contributed by atoms with Crippen LogP contribution in [0.5, 0.6) is 0 Å². The zero-order valence-corrected chi connectivity index (χ0v) is 17.8. The molecule has 0 fully saturated rings. The summed E-state index contributed by atoms with van der Waals surface area (Å²) >= 11 is 0. The smallest absolute Gasteiger partial charge is 0.194 e. The van der Waals surface area contributed by atoms with E-state index in [1.165, 1.54) is 5.69 Å². The second-order valence-electron chi connectivity index (χ2n) is 7.65. The van der Waals surface area contributed by atoms with Gasteiger partial charge in [-0.25, -0.2) is 0 Å². The van der Waals surface area contributed by atoms with Crippen molar-refractivity contribution in [2.75, 3.05) is 19.0 Å². The molecule has 2 heteroatoms. The molecule has 0 unspecified atom stereocenters. The minimum Gasteiger partial charge on any atom is -0.378 e. The number of nitrogens with zero attached hydrogens (tertiary/aromatic N) is 1. The van der Waals surface area contributed by atoms with Crippen molar-refractivity contribution in [1.82, 2.24) is 0 Å². The molecule has 2 nitrogen and oxygen atoms in total. The van der Waals surface area contributed by atoms with E-state index >= 15 is 0 Å². The first-order valence-electron chi connectivity index (χ1n) is 10.4. The number of anilines is 1. The number of hydrogen-bond donors (Lipinski definition) is 0. The van der Waals surface area contributed by atoms with Crippen molar-refractivity contribution in [1.29, 1.82) is 0 Å². The van der Waals surface area contributed by atoms with Crippen LogP contribution in [0.4, 0.5) is 5.69 Å². The molecule has 3 aromatic rings. The topological polar surface area (TPSA) is 20.3 Å². The summed E-state index contributed by atoms with van der Waals surface area (Å²) in [5, 5.41) is 0. The van der Waals surface area contributed by atoms with E-state index in [0.717, 1.165) is 33.4 Å². The van der Waals surface area contributed by atoms with Gasteiger partial charge in [-0.1, -0.05) is 103 Å². The molecule has 0 saturated heterocycles. The van der Waals surface area contributed by atoms with Gasteiger partial charge in [0.05, 0.1) is 0 Å². The van der Waals surface area contributed by atoms with Crippen LogP contribution in [-0.4, -0.2) is 19.9 Å². The third kappa shape index (κ3) is 4.65. The van der Waals surface area contributed by atoms with E-state index < -0.39 is 0 Å². The first kappa shape index (κ1) is 20.4. The van der Waals surface area contributed by atoms with Crippen LogP contribution in [0.2, 0.25) is 0 Å². The summed E-state index contributed by atoms with van der Waals surface area (Å²) < 4.78 is 0. The summed E-state index contributed by atoms with van der Waals surface area (Å²) in [6.07, 6.45) is 12.0. The molecule has 3 aromatic carbocycles. The summed E-state index contributed by atoms with van der Waals surface area (Å²) in [6, 6.07) is 26.3. The van der Waals surface area contributed by atoms with Gasteiger partial charge in [-0.15, -0.1) is 0 Å². The first-order chi connectivity index (χ1) is 15.1. The number of fused-ring (bicyclic) bond motifs is 1. The van der Waals surface area contributed by atoms with Gasteiger partial charge in [-0.05, 0) is 34.4 Å². The number of allylic oxidation sites excluding steroid dienone is 6. The molecule has 4 rings (SSSR count). The van der Waals surface area contributed by atoms with Gasteiger partial charge in [-0.3, -0.25) is 4.79 Å². The van der Waals surface area contributed by atoms with Crippen LogP contribution < -0.4 is 4.90 Å². The highest BCUT2D eigenvalue weighted by atomic mass is 16.1. The summed E-state index contributed by atoms with van der Waals surface area (Å²) in [4.78, 5) is 15.1. The Morgan fingerprint density at radius 3 is 1.81 bits per heavy atom. The third-order valence-electron chi connectivity index (χ3n) is 5.31. The second kappa shape index (κ2) is 9.27. The standard InChI is InChI=1S/C29H25NO/c1-30(2)24-20-18-23(19-21-24)13-8-16-26-25-14-6-7-15-27(25)29(31)28(26)17-9-12-22-10-4-3-5-11-22/h3-21H,1-2H3. The number of rotatable bonds is 5. The molecule has 0 saturated carbocycles. The Morgan fingerprint density at radius 1 is 0.613 bits per heavy atom. The lowest BCUT2D eigenvalue weighted by Gasteiger charge is -2.11. The molecule has 0 aliphatic heterocycles. The van der Waals surface area contributed by atoms with Crippen LogP contribution in [0.1, 0.15) is 27.0 Å². The van der Waals surface area contributed by atoms with E-state index in [4.69, 9.17) is 0 Å². The fraction of sp³-hybridized carbons (Fsp3) is 0.0690. The third-order valence-corrected chi connectivity index (χ3v) is 5.31. The molecule has 0 heterocycles. The zero-order valence-electron chi connectivity index (χ0n) is 17.8. The predicted octanol–water partition coefficient (Wildman–Crippen LogP) is 6.69. The minimum absolute atomic E-state index is 0.0725. The largest absolute Gasteiger partial charge is 0.378 e. The van der Waals surface area contributed by atoms with Gasteiger partial charge >= 0.3 is 0 Å². The first-order valence-corrected chi connectivity index (χ1v) is 10.4. The molecular formula is C29H25NO. The highest BCUT2D eigenvalue weighted by molar-refractivity contribution is 6.27. The Balaban J connectivity index is 1.64. The maximum Gasteiger partial charge on any atom is 0.194 e. The van der Waals surface area contributed by atoms with Gasteiger partial charge in [0.25, 0.3) is 0 Å². The normalized spacial score (nSPS) is 16.0. The van der Waals surface area contributed by atoms with Crippen LogP contribution in [0.15, 0.2) is 109 Å². The van der Waals surface area contributed by atoms with Gasteiger partial charge in [0.15, 0.2) is 5.78 Å². The molecule has 0 N–H and O–H groups in total. The van der Waals surface area contributed by atoms with Gasteiger partial charge in [-0.2, -0.15) is 0 Å². The quantitative estimate of drug-likeness (QED) is 0.443.